The second-order valence-corrected chi connectivity index (χ2v) is 9.04. The van der Waals surface area contributed by atoms with Crippen LogP contribution in [-0.2, 0) is 10.0 Å². The van der Waals surface area contributed by atoms with Crippen molar-refractivity contribution in [2.75, 3.05) is 30.3 Å². The van der Waals surface area contributed by atoms with E-state index in [1.54, 1.807) is 29.2 Å². The standard InChI is InChI=1S/C18H25N5O4S/c1-12(2)22-11-20-17(21-22)15-10-23(28(3,26)27)16-6-5-13(9-14(15)16)18(25)19-7-4-8-24/h5-6,9,11-12,15,24H,4,7-8,10H2,1-3H3,(H,19,25). The summed E-state index contributed by atoms with van der Waals surface area (Å²) in [5.41, 5.74) is 1.68. The number of benzene rings is 1. The normalized spacial score (nSPS) is 16.5. The van der Waals surface area contributed by atoms with Gasteiger partial charge < -0.3 is 10.4 Å². The van der Waals surface area contributed by atoms with E-state index in [0.29, 0.717) is 35.6 Å². The number of aliphatic hydroxyl groups excluding tert-OH is 1. The summed E-state index contributed by atoms with van der Waals surface area (Å²) >= 11 is 0. The minimum Gasteiger partial charge on any atom is -0.396 e. The van der Waals surface area contributed by atoms with Crippen molar-refractivity contribution in [2.45, 2.75) is 32.2 Å². The average Bonchev–Trinajstić information content (AvgIpc) is 3.25. The monoisotopic (exact) mass is 407 g/mol. The molecule has 1 atom stereocenters. The molecular weight excluding hydrogens is 382 g/mol. The molecule has 2 heterocycles. The molecule has 3 rings (SSSR count). The van der Waals surface area contributed by atoms with Gasteiger partial charge in [0.05, 0.1) is 17.9 Å². The van der Waals surface area contributed by atoms with Crippen LogP contribution in [0, 0.1) is 0 Å². The van der Waals surface area contributed by atoms with Crippen LogP contribution in [0.2, 0.25) is 0 Å². The maximum absolute atomic E-state index is 12.4. The number of fused-ring (bicyclic) bond motifs is 1. The predicted octanol–water partition coefficient (Wildman–Crippen LogP) is 0.883. The van der Waals surface area contributed by atoms with Gasteiger partial charge in [-0.3, -0.25) is 13.8 Å². The molecule has 0 bridgehead atoms. The Morgan fingerprint density at radius 1 is 1.39 bits per heavy atom. The van der Waals surface area contributed by atoms with E-state index in [9.17, 15) is 13.2 Å². The summed E-state index contributed by atoms with van der Waals surface area (Å²) in [6, 6.07) is 5.09. The Balaban J connectivity index is 1.98. The van der Waals surface area contributed by atoms with Crippen molar-refractivity contribution in [1.82, 2.24) is 20.1 Å². The van der Waals surface area contributed by atoms with Crippen molar-refractivity contribution in [1.29, 1.82) is 0 Å². The van der Waals surface area contributed by atoms with Crippen LogP contribution in [0.1, 0.15) is 54.0 Å². The number of amides is 1. The number of hydrogen-bond acceptors (Lipinski definition) is 6. The largest absolute Gasteiger partial charge is 0.396 e. The SMILES string of the molecule is CC(C)n1cnc(C2CN(S(C)(=O)=O)c3ccc(C(=O)NCCCO)cc32)n1. The van der Waals surface area contributed by atoms with Crippen molar-refractivity contribution in [3.8, 4) is 0 Å². The highest BCUT2D eigenvalue weighted by atomic mass is 32.2. The van der Waals surface area contributed by atoms with E-state index in [1.165, 1.54) is 4.31 Å². The Hall–Kier alpha value is -2.46. The number of anilines is 1. The molecule has 1 aliphatic heterocycles. The van der Waals surface area contributed by atoms with Gasteiger partial charge in [-0.25, -0.2) is 13.4 Å². The molecule has 0 aliphatic carbocycles. The predicted molar refractivity (Wildman–Crippen MR) is 105 cm³/mol. The third-order valence-corrected chi connectivity index (χ3v) is 5.82. The van der Waals surface area contributed by atoms with E-state index in [1.807, 2.05) is 13.8 Å². The molecule has 10 heteroatoms. The van der Waals surface area contributed by atoms with Gasteiger partial charge in [0.15, 0.2) is 5.82 Å². The topological polar surface area (TPSA) is 117 Å². The number of nitrogens with one attached hydrogen (secondary N) is 1. The first-order chi connectivity index (χ1) is 13.2. The summed E-state index contributed by atoms with van der Waals surface area (Å²) in [6.45, 7) is 4.54. The minimum atomic E-state index is -3.47. The zero-order valence-electron chi connectivity index (χ0n) is 16.2. The fourth-order valence-corrected chi connectivity index (χ4v) is 4.12. The highest BCUT2D eigenvalue weighted by Crippen LogP contribution is 2.40. The van der Waals surface area contributed by atoms with Crippen LogP contribution in [0.5, 0.6) is 0 Å². The van der Waals surface area contributed by atoms with Crippen LogP contribution >= 0.6 is 0 Å². The molecule has 0 radical (unpaired) electrons. The van der Waals surface area contributed by atoms with Crippen LogP contribution in [0.15, 0.2) is 24.5 Å². The number of hydrogen-bond donors (Lipinski definition) is 2. The molecule has 1 unspecified atom stereocenters. The minimum absolute atomic E-state index is 0.0000406. The fourth-order valence-electron chi connectivity index (χ4n) is 3.18. The van der Waals surface area contributed by atoms with Gasteiger partial charge >= 0.3 is 0 Å². The number of rotatable bonds is 7. The zero-order valence-corrected chi connectivity index (χ0v) is 17.0. The Morgan fingerprint density at radius 3 is 2.75 bits per heavy atom. The fraction of sp³-hybridized carbons (Fsp3) is 0.500. The second kappa shape index (κ2) is 7.88. The van der Waals surface area contributed by atoms with Crippen molar-refractivity contribution in [3.05, 3.63) is 41.5 Å². The number of nitrogens with zero attached hydrogens (tertiary/aromatic N) is 4. The number of aliphatic hydroxyl groups is 1. The van der Waals surface area contributed by atoms with Crippen LogP contribution in [-0.4, -0.2) is 60.1 Å². The van der Waals surface area contributed by atoms with Crippen molar-refractivity contribution >= 4 is 21.6 Å². The third kappa shape index (κ3) is 4.02. The number of carbonyl (C=O) groups is 1. The van der Waals surface area contributed by atoms with Crippen LogP contribution in [0.25, 0.3) is 0 Å². The van der Waals surface area contributed by atoms with E-state index >= 15 is 0 Å². The Labute approximate surface area is 164 Å². The molecule has 0 fully saturated rings. The molecule has 1 aromatic heterocycles. The quantitative estimate of drug-likeness (QED) is 0.658. The Morgan fingerprint density at radius 2 is 2.14 bits per heavy atom. The van der Waals surface area contributed by atoms with Crippen molar-refractivity contribution in [2.24, 2.45) is 0 Å². The Kier molecular flexibility index (Phi) is 5.71. The highest BCUT2D eigenvalue weighted by Gasteiger charge is 2.37. The molecular formula is C18H25N5O4S. The second-order valence-electron chi connectivity index (χ2n) is 7.13. The first-order valence-electron chi connectivity index (χ1n) is 9.14. The summed E-state index contributed by atoms with van der Waals surface area (Å²) < 4.78 is 27.6. The van der Waals surface area contributed by atoms with Gasteiger partial charge in [0, 0.05) is 31.3 Å². The van der Waals surface area contributed by atoms with Gasteiger partial charge in [0.1, 0.15) is 6.33 Å². The zero-order chi connectivity index (χ0) is 20.5. The van der Waals surface area contributed by atoms with Crippen molar-refractivity contribution < 1.29 is 18.3 Å². The molecule has 9 nitrogen and oxygen atoms in total. The maximum atomic E-state index is 12.4. The van der Waals surface area contributed by atoms with E-state index < -0.39 is 10.0 Å². The number of sulfonamides is 1. The summed E-state index contributed by atoms with van der Waals surface area (Å²) in [4.78, 5) is 16.7. The number of aromatic nitrogens is 3. The van der Waals surface area contributed by atoms with Crippen LogP contribution in [0.3, 0.4) is 0 Å². The summed E-state index contributed by atoms with van der Waals surface area (Å²) in [6.07, 6.45) is 3.26. The number of carbonyl (C=O) groups excluding carboxylic acids is 1. The summed E-state index contributed by atoms with van der Waals surface area (Å²) in [7, 11) is -3.47. The van der Waals surface area contributed by atoms with E-state index in [2.05, 4.69) is 15.4 Å². The molecule has 28 heavy (non-hydrogen) atoms. The lowest BCUT2D eigenvalue weighted by atomic mass is 9.98. The van der Waals surface area contributed by atoms with Gasteiger partial charge in [0.2, 0.25) is 10.0 Å². The van der Waals surface area contributed by atoms with Crippen LogP contribution < -0.4 is 9.62 Å². The van der Waals surface area contributed by atoms with Crippen molar-refractivity contribution in [3.63, 3.8) is 0 Å². The first-order valence-corrected chi connectivity index (χ1v) is 11.0. The molecule has 0 spiro atoms. The molecule has 1 aliphatic rings. The van der Waals surface area contributed by atoms with Gasteiger partial charge in [-0.05, 0) is 44.0 Å². The molecule has 1 aromatic carbocycles. The maximum Gasteiger partial charge on any atom is 0.251 e. The van der Waals surface area contributed by atoms with Gasteiger partial charge in [-0.1, -0.05) is 0 Å². The molecule has 0 saturated carbocycles. The van der Waals surface area contributed by atoms with E-state index in [0.717, 1.165) is 6.26 Å². The van der Waals surface area contributed by atoms with Gasteiger partial charge in [-0.15, -0.1) is 0 Å². The lowest BCUT2D eigenvalue weighted by Crippen LogP contribution is -2.29. The van der Waals surface area contributed by atoms with Gasteiger partial charge in [0.25, 0.3) is 5.91 Å². The highest BCUT2D eigenvalue weighted by molar-refractivity contribution is 7.92. The summed E-state index contributed by atoms with van der Waals surface area (Å²) in [5, 5.41) is 16.1. The molecule has 2 N–H and O–H groups in total. The lowest BCUT2D eigenvalue weighted by molar-refractivity contribution is 0.0951. The van der Waals surface area contributed by atoms with Crippen LogP contribution in [0.4, 0.5) is 5.69 Å². The van der Waals surface area contributed by atoms with E-state index in [4.69, 9.17) is 5.11 Å². The summed E-state index contributed by atoms with van der Waals surface area (Å²) in [5.74, 6) is -0.0951. The molecule has 2 aromatic rings. The molecule has 1 amide bonds. The Bertz CT molecular complexity index is 970. The van der Waals surface area contributed by atoms with Gasteiger partial charge in [-0.2, -0.15) is 5.10 Å². The third-order valence-electron chi connectivity index (χ3n) is 4.67. The smallest absolute Gasteiger partial charge is 0.251 e. The first kappa shape index (κ1) is 20.3. The molecule has 152 valence electrons. The molecule has 0 saturated heterocycles. The van der Waals surface area contributed by atoms with E-state index in [-0.39, 0.29) is 31.0 Å². The average molecular weight is 407 g/mol. The lowest BCUT2D eigenvalue weighted by Gasteiger charge is -2.16.